The molecule has 6 N–H and O–H groups in total. The molecule has 0 spiro atoms. The van der Waals surface area contributed by atoms with Crippen molar-refractivity contribution in [2.45, 2.75) is 31.3 Å². The first-order valence-corrected chi connectivity index (χ1v) is 13.9. The van der Waals surface area contributed by atoms with Crippen molar-refractivity contribution in [3.8, 4) is 0 Å². The topological polar surface area (TPSA) is 216 Å². The van der Waals surface area contributed by atoms with Gasteiger partial charge in [0.2, 0.25) is 5.91 Å². The molecule has 2 heterocycles. The van der Waals surface area contributed by atoms with Crippen molar-refractivity contribution in [1.29, 1.82) is 0 Å². The molecule has 2 aromatic rings. The lowest BCUT2D eigenvalue weighted by Crippen LogP contribution is -2.43. The highest BCUT2D eigenvalue weighted by Crippen LogP contribution is 2.33. The average molecular weight is 664 g/mol. The first-order chi connectivity index (χ1) is 22.1. The number of halogens is 3. The number of nitrogens with two attached hydrogens (primary N) is 1. The molecule has 2 aromatic carbocycles. The predicted molar refractivity (Wildman–Crippen MR) is 157 cm³/mol. The maximum absolute atomic E-state index is 13.9. The molecule has 252 valence electrons. The lowest BCUT2D eigenvalue weighted by molar-refractivity contribution is -0.134. The van der Waals surface area contributed by atoms with Crippen molar-refractivity contribution in [3.05, 3.63) is 95.3 Å². The Bertz CT molecular complexity index is 1470. The van der Waals surface area contributed by atoms with Crippen LogP contribution < -0.4 is 5.73 Å². The van der Waals surface area contributed by atoms with E-state index in [0.29, 0.717) is 55.6 Å². The highest BCUT2D eigenvalue weighted by atomic mass is 19.2. The zero-order valence-electron chi connectivity index (χ0n) is 24.7. The van der Waals surface area contributed by atoms with Gasteiger partial charge in [-0.2, -0.15) is 0 Å². The molecule has 2 aliphatic heterocycles. The fraction of sp³-hybridized carbons (Fsp3) is 0.290. The monoisotopic (exact) mass is 663 g/mol. The number of carboxylic acids is 4. The standard InChI is InChI=1S/C23H24F3N3O2.2C4H4O4/c24-18-11-20(26)19(25)9-16(18)8-17(27)10-22(30)29-7-6-15-12-28(13-21(15)29)23(31)14-4-2-1-3-5-14;2*5-3(6)1-2-4(7)8/h1-5,9,11,15,17,21H,6-8,10,12-13,27H2;2*1-2H,(H,5,6)(H,7,8)/b;2*2-1+/t15-,17+,21+;;/m0../s1. The highest BCUT2D eigenvalue weighted by Gasteiger charge is 2.44. The second kappa shape index (κ2) is 17.8. The van der Waals surface area contributed by atoms with Crippen LogP contribution in [-0.2, 0) is 30.4 Å². The SMILES string of the molecule is N[C@@H](CC(=O)N1CC[C@H]2CN(C(=O)c3ccccc3)C[C@H]21)Cc1cc(F)c(F)cc1F.O=C(O)/C=C/C(=O)O.O=C(O)/C=C/C(=O)O. The van der Waals surface area contributed by atoms with Crippen LogP contribution in [0.2, 0.25) is 0 Å². The zero-order chi connectivity index (χ0) is 35.3. The number of hydrogen-bond acceptors (Lipinski definition) is 7. The first-order valence-electron chi connectivity index (χ1n) is 13.9. The fourth-order valence-electron chi connectivity index (χ4n) is 4.90. The number of carbonyl (C=O) groups is 6. The molecule has 0 unspecified atom stereocenters. The Morgan fingerprint density at radius 3 is 1.81 bits per heavy atom. The molecule has 2 amide bonds. The van der Waals surface area contributed by atoms with Gasteiger partial charge in [-0.05, 0) is 36.6 Å². The Hall–Kier alpha value is -5.51. The van der Waals surface area contributed by atoms with Crippen LogP contribution in [0.4, 0.5) is 13.2 Å². The van der Waals surface area contributed by atoms with E-state index in [9.17, 15) is 41.9 Å². The van der Waals surface area contributed by atoms with Crippen LogP contribution in [0.15, 0.2) is 66.8 Å². The quantitative estimate of drug-likeness (QED) is 0.194. The van der Waals surface area contributed by atoms with E-state index >= 15 is 0 Å². The van der Waals surface area contributed by atoms with Crippen molar-refractivity contribution in [2.75, 3.05) is 19.6 Å². The van der Waals surface area contributed by atoms with Crippen molar-refractivity contribution < 1.29 is 62.4 Å². The third kappa shape index (κ3) is 12.4. The number of hydrogen-bond donors (Lipinski definition) is 5. The van der Waals surface area contributed by atoms with Crippen LogP contribution in [0.3, 0.4) is 0 Å². The fourth-order valence-corrected chi connectivity index (χ4v) is 4.90. The van der Waals surface area contributed by atoms with Crippen LogP contribution >= 0.6 is 0 Å². The number of benzene rings is 2. The van der Waals surface area contributed by atoms with E-state index in [1.807, 2.05) is 18.2 Å². The van der Waals surface area contributed by atoms with Gasteiger partial charge in [0.1, 0.15) is 5.82 Å². The van der Waals surface area contributed by atoms with Crippen molar-refractivity contribution in [1.82, 2.24) is 9.80 Å². The minimum absolute atomic E-state index is 0.0334. The van der Waals surface area contributed by atoms with Crippen LogP contribution in [0.1, 0.15) is 28.8 Å². The molecule has 13 nitrogen and oxygen atoms in total. The summed E-state index contributed by atoms with van der Waals surface area (Å²) in [5.41, 5.74) is 6.59. The number of carbonyl (C=O) groups excluding carboxylic acids is 2. The molecular weight excluding hydrogens is 631 g/mol. The van der Waals surface area contributed by atoms with Crippen molar-refractivity contribution in [2.24, 2.45) is 11.7 Å². The van der Waals surface area contributed by atoms with E-state index in [0.717, 1.165) is 12.5 Å². The minimum atomic E-state index is -1.26. The summed E-state index contributed by atoms with van der Waals surface area (Å²) in [6.07, 6.45) is 2.93. The molecule has 16 heteroatoms. The van der Waals surface area contributed by atoms with Gasteiger partial charge in [0.25, 0.3) is 5.91 Å². The van der Waals surface area contributed by atoms with E-state index in [1.54, 1.807) is 21.9 Å². The van der Waals surface area contributed by atoms with Crippen LogP contribution in [0.25, 0.3) is 0 Å². The normalized spacial score (nSPS) is 17.3. The number of rotatable bonds is 9. The molecule has 0 aromatic heterocycles. The molecular formula is C31H32F3N3O10. The number of aliphatic carboxylic acids is 4. The summed E-state index contributed by atoms with van der Waals surface area (Å²) >= 11 is 0. The van der Waals surface area contributed by atoms with Crippen molar-refractivity contribution >= 4 is 35.7 Å². The third-order valence-corrected chi connectivity index (χ3v) is 6.92. The predicted octanol–water partition coefficient (Wildman–Crippen LogP) is 2.16. The molecule has 2 saturated heterocycles. The van der Waals surface area contributed by atoms with Gasteiger partial charge in [-0.25, -0.2) is 32.3 Å². The van der Waals surface area contributed by atoms with Gasteiger partial charge in [-0.15, -0.1) is 0 Å². The molecule has 0 aliphatic carbocycles. The van der Waals surface area contributed by atoms with Crippen LogP contribution in [0.5, 0.6) is 0 Å². The van der Waals surface area contributed by atoms with E-state index < -0.39 is 47.4 Å². The Morgan fingerprint density at radius 1 is 0.787 bits per heavy atom. The van der Waals surface area contributed by atoms with Gasteiger partial charge >= 0.3 is 23.9 Å². The number of fused-ring (bicyclic) bond motifs is 1. The summed E-state index contributed by atoms with van der Waals surface area (Å²) in [4.78, 5) is 67.3. The van der Waals surface area contributed by atoms with E-state index in [1.165, 1.54) is 0 Å². The molecule has 0 radical (unpaired) electrons. The summed E-state index contributed by atoms with van der Waals surface area (Å²) < 4.78 is 40.4. The lowest BCUT2D eigenvalue weighted by atomic mass is 10.0. The van der Waals surface area contributed by atoms with Crippen molar-refractivity contribution in [3.63, 3.8) is 0 Å². The van der Waals surface area contributed by atoms with Gasteiger partial charge in [-0.1, -0.05) is 18.2 Å². The minimum Gasteiger partial charge on any atom is -0.478 e. The van der Waals surface area contributed by atoms with Gasteiger partial charge in [-0.3, -0.25) is 9.59 Å². The van der Waals surface area contributed by atoms with Crippen LogP contribution in [0, 0.1) is 23.4 Å². The molecule has 2 aliphatic rings. The highest BCUT2D eigenvalue weighted by molar-refractivity contribution is 5.94. The van der Waals surface area contributed by atoms with Crippen LogP contribution in [-0.4, -0.2) is 97.6 Å². The summed E-state index contributed by atoms with van der Waals surface area (Å²) in [6, 6.07) is 9.51. The first kappa shape index (κ1) is 37.7. The number of nitrogens with zero attached hydrogens (tertiary/aromatic N) is 2. The molecule has 0 bridgehead atoms. The summed E-state index contributed by atoms with van der Waals surface area (Å²) in [5.74, 6) is -8.31. The van der Waals surface area contributed by atoms with E-state index in [2.05, 4.69) is 0 Å². The molecule has 4 rings (SSSR count). The summed E-state index contributed by atoms with van der Waals surface area (Å²) in [6.45, 7) is 1.67. The van der Waals surface area contributed by atoms with E-state index in [-0.39, 0.29) is 42.2 Å². The van der Waals surface area contributed by atoms with Gasteiger partial charge in [0.15, 0.2) is 11.6 Å². The number of carboxylic acid groups (broad SMARTS) is 4. The average Bonchev–Trinajstić information content (AvgIpc) is 3.60. The zero-order valence-corrected chi connectivity index (χ0v) is 24.7. The van der Waals surface area contributed by atoms with Gasteiger partial charge in [0.05, 0.1) is 6.04 Å². The maximum atomic E-state index is 13.9. The number of likely N-dealkylation sites (tertiary alicyclic amines) is 2. The number of amides is 2. The third-order valence-electron chi connectivity index (χ3n) is 6.92. The summed E-state index contributed by atoms with van der Waals surface area (Å²) in [7, 11) is 0. The molecule has 0 saturated carbocycles. The molecule has 3 atom stereocenters. The summed E-state index contributed by atoms with van der Waals surface area (Å²) in [5, 5.41) is 31.2. The second-order valence-corrected chi connectivity index (χ2v) is 10.3. The molecule has 47 heavy (non-hydrogen) atoms. The lowest BCUT2D eigenvalue weighted by Gasteiger charge is -2.26. The van der Waals surface area contributed by atoms with E-state index in [4.69, 9.17) is 26.2 Å². The maximum Gasteiger partial charge on any atom is 0.328 e. The van der Waals surface area contributed by atoms with Gasteiger partial charge < -0.3 is 36.0 Å². The Kier molecular flexibility index (Phi) is 14.3. The Labute approximate surface area is 266 Å². The molecule has 2 fully saturated rings. The van der Waals surface area contributed by atoms with Gasteiger partial charge in [0, 0.05) is 73.9 Å². The largest absolute Gasteiger partial charge is 0.478 e. The smallest absolute Gasteiger partial charge is 0.328 e. The Morgan fingerprint density at radius 2 is 1.30 bits per heavy atom. The Balaban J connectivity index is 0.000000397. The second-order valence-electron chi connectivity index (χ2n) is 10.3.